The number of hydrogen-bond acceptors (Lipinski definition) is 1. The Labute approximate surface area is 78.9 Å². The van der Waals surface area contributed by atoms with Gasteiger partial charge in [0.1, 0.15) is 0 Å². The zero-order valence-corrected chi connectivity index (χ0v) is 8.40. The summed E-state index contributed by atoms with van der Waals surface area (Å²) in [5.74, 6) is 0.660. The van der Waals surface area contributed by atoms with Crippen molar-refractivity contribution in [2.24, 2.45) is 0 Å². The van der Waals surface area contributed by atoms with E-state index in [9.17, 15) is 0 Å². The fourth-order valence-corrected chi connectivity index (χ4v) is 0.713. The van der Waals surface area contributed by atoms with Crippen LogP contribution in [0.4, 0.5) is 0 Å². The summed E-state index contributed by atoms with van der Waals surface area (Å²) < 4.78 is 0. The predicted octanol–water partition coefficient (Wildman–Crippen LogP) is 2.25. The van der Waals surface area contributed by atoms with Gasteiger partial charge in [0.2, 0.25) is 0 Å². The van der Waals surface area contributed by atoms with E-state index in [0.29, 0.717) is 5.88 Å². The quantitative estimate of drug-likeness (QED) is 0.537. The van der Waals surface area contributed by atoms with Crippen LogP contribution in [0.15, 0.2) is 0 Å². The Balaban J connectivity index is 0. The first kappa shape index (κ1) is 13.4. The van der Waals surface area contributed by atoms with Crippen molar-refractivity contribution in [3.05, 3.63) is 0 Å². The van der Waals surface area contributed by atoms with E-state index in [2.05, 4.69) is 12.2 Å². The molecule has 0 amide bonds. The monoisotopic (exact) mass is 205 g/mol. The Morgan fingerprint density at radius 2 is 2.10 bits per heavy atom. The van der Waals surface area contributed by atoms with Crippen LogP contribution in [0.5, 0.6) is 0 Å². The minimum atomic E-state index is 0. The molecule has 0 rings (SSSR count). The summed E-state index contributed by atoms with van der Waals surface area (Å²) >= 11 is 11.2. The van der Waals surface area contributed by atoms with Crippen LogP contribution in [0.3, 0.4) is 0 Å². The Morgan fingerprint density at radius 1 is 1.50 bits per heavy atom. The van der Waals surface area contributed by atoms with Gasteiger partial charge in [-0.2, -0.15) is 0 Å². The second-order valence-electron chi connectivity index (χ2n) is 1.90. The summed E-state index contributed by atoms with van der Waals surface area (Å²) in [4.78, 5) is 0. The summed E-state index contributed by atoms with van der Waals surface area (Å²) in [6.45, 7) is 3.79. The van der Waals surface area contributed by atoms with Crippen LogP contribution < -0.4 is 5.32 Å². The van der Waals surface area contributed by atoms with Gasteiger partial charge in [0.05, 0.1) is 0 Å². The van der Waals surface area contributed by atoms with Crippen LogP contribution in [0.1, 0.15) is 13.3 Å². The first-order valence-electron chi connectivity index (χ1n) is 3.22. The van der Waals surface area contributed by atoms with Gasteiger partial charge in [0, 0.05) is 24.3 Å². The molecular formula is C6H14Cl3N. The zero-order chi connectivity index (χ0) is 7.11. The molecule has 64 valence electrons. The van der Waals surface area contributed by atoms with E-state index < -0.39 is 0 Å². The van der Waals surface area contributed by atoms with Gasteiger partial charge in [-0.3, -0.25) is 0 Å². The van der Waals surface area contributed by atoms with E-state index >= 15 is 0 Å². The topological polar surface area (TPSA) is 12.0 Å². The second-order valence-corrected chi connectivity index (χ2v) is 2.89. The lowest BCUT2D eigenvalue weighted by molar-refractivity contribution is 0.672. The van der Waals surface area contributed by atoms with Gasteiger partial charge in [-0.1, -0.05) is 6.92 Å². The van der Waals surface area contributed by atoms with E-state index in [1.807, 2.05) is 0 Å². The van der Waals surface area contributed by atoms with E-state index in [0.717, 1.165) is 19.5 Å². The maximum Gasteiger partial charge on any atom is 0.0458 e. The average molecular weight is 207 g/mol. The van der Waals surface area contributed by atoms with Crippen molar-refractivity contribution in [2.75, 3.05) is 19.0 Å². The van der Waals surface area contributed by atoms with Crippen molar-refractivity contribution >= 4 is 35.6 Å². The molecule has 0 aromatic carbocycles. The van der Waals surface area contributed by atoms with Crippen LogP contribution in [-0.4, -0.2) is 24.3 Å². The van der Waals surface area contributed by atoms with Crippen molar-refractivity contribution < 1.29 is 0 Å². The molecule has 0 bridgehead atoms. The molecule has 1 N–H and O–H groups in total. The largest absolute Gasteiger partial charge is 0.314 e. The van der Waals surface area contributed by atoms with Gasteiger partial charge in [0.15, 0.2) is 0 Å². The molecule has 0 aliphatic rings. The molecule has 0 radical (unpaired) electrons. The summed E-state index contributed by atoms with van der Waals surface area (Å²) in [7, 11) is 0. The van der Waals surface area contributed by atoms with Crippen molar-refractivity contribution in [3.8, 4) is 0 Å². The number of alkyl halides is 2. The minimum Gasteiger partial charge on any atom is -0.314 e. The third-order valence-corrected chi connectivity index (χ3v) is 1.73. The molecule has 1 atom stereocenters. The fourth-order valence-electron chi connectivity index (χ4n) is 0.470. The molecule has 0 spiro atoms. The average Bonchev–Trinajstić information content (AvgIpc) is 1.89. The molecule has 1 nitrogen and oxygen atoms in total. The van der Waals surface area contributed by atoms with E-state index in [1.165, 1.54) is 0 Å². The predicted molar refractivity (Wildman–Crippen MR) is 50.8 cm³/mol. The van der Waals surface area contributed by atoms with Gasteiger partial charge in [-0.05, 0) is 6.42 Å². The highest BCUT2D eigenvalue weighted by atomic mass is 35.5. The van der Waals surface area contributed by atoms with Gasteiger partial charge >= 0.3 is 0 Å². The van der Waals surface area contributed by atoms with Gasteiger partial charge < -0.3 is 5.32 Å². The van der Waals surface area contributed by atoms with Crippen LogP contribution >= 0.6 is 35.6 Å². The summed E-state index contributed by atoms with van der Waals surface area (Å²) in [6.07, 6.45) is 1.01. The first-order chi connectivity index (χ1) is 4.31. The second kappa shape index (κ2) is 9.83. The molecule has 0 aliphatic heterocycles. The minimum absolute atomic E-state index is 0. The van der Waals surface area contributed by atoms with Crippen LogP contribution in [0.25, 0.3) is 0 Å². The van der Waals surface area contributed by atoms with Crippen molar-refractivity contribution in [2.45, 2.75) is 18.7 Å². The molecule has 0 aromatic heterocycles. The number of hydrogen-bond donors (Lipinski definition) is 1. The van der Waals surface area contributed by atoms with E-state index in [1.54, 1.807) is 0 Å². The van der Waals surface area contributed by atoms with Gasteiger partial charge in [0.25, 0.3) is 0 Å². The lowest BCUT2D eigenvalue weighted by atomic mass is 10.3. The molecule has 0 saturated carbocycles. The molecule has 0 fully saturated rings. The van der Waals surface area contributed by atoms with Crippen molar-refractivity contribution in [1.29, 1.82) is 0 Å². The zero-order valence-electron chi connectivity index (χ0n) is 6.07. The molecule has 0 saturated heterocycles. The molecule has 0 aliphatic carbocycles. The molecular weight excluding hydrogens is 192 g/mol. The lowest BCUT2D eigenvalue weighted by Crippen LogP contribution is -2.24. The lowest BCUT2D eigenvalue weighted by Gasteiger charge is -2.05. The maximum atomic E-state index is 5.80. The van der Waals surface area contributed by atoms with E-state index in [-0.39, 0.29) is 17.8 Å². The van der Waals surface area contributed by atoms with Crippen molar-refractivity contribution in [1.82, 2.24) is 5.32 Å². The summed E-state index contributed by atoms with van der Waals surface area (Å²) in [6, 6.07) is 0. The summed E-state index contributed by atoms with van der Waals surface area (Å²) in [5, 5.41) is 3.38. The highest BCUT2D eigenvalue weighted by Crippen LogP contribution is 1.97. The molecule has 0 aromatic rings. The number of nitrogens with one attached hydrogen (secondary N) is 1. The van der Waals surface area contributed by atoms with Crippen LogP contribution in [0, 0.1) is 0 Å². The number of halogens is 3. The smallest absolute Gasteiger partial charge is 0.0458 e. The fraction of sp³-hybridized carbons (Fsp3) is 1.00. The Bertz CT molecular complexity index is 61.0. The van der Waals surface area contributed by atoms with E-state index in [4.69, 9.17) is 23.2 Å². The summed E-state index contributed by atoms with van der Waals surface area (Å²) in [5.41, 5.74) is 0. The third kappa shape index (κ3) is 8.83. The highest BCUT2D eigenvalue weighted by Gasteiger charge is 1.97. The normalized spacial score (nSPS) is 12.3. The van der Waals surface area contributed by atoms with Crippen LogP contribution in [0.2, 0.25) is 0 Å². The molecule has 4 heteroatoms. The van der Waals surface area contributed by atoms with Crippen LogP contribution in [-0.2, 0) is 0 Å². The Morgan fingerprint density at radius 3 is 2.50 bits per heavy atom. The first-order valence-corrected chi connectivity index (χ1v) is 4.19. The molecule has 1 unspecified atom stereocenters. The Hall–Kier alpha value is 0.830. The third-order valence-electron chi connectivity index (χ3n) is 1.08. The van der Waals surface area contributed by atoms with Gasteiger partial charge in [-0.15, -0.1) is 35.6 Å². The van der Waals surface area contributed by atoms with Crippen molar-refractivity contribution in [3.63, 3.8) is 0 Å². The molecule has 0 heterocycles. The SMILES string of the molecule is CCC(Cl)CNCCCl.Cl. The molecule has 10 heavy (non-hydrogen) atoms. The van der Waals surface area contributed by atoms with Gasteiger partial charge in [-0.25, -0.2) is 0 Å². The Kier molecular flexibility index (Phi) is 13.2. The number of rotatable bonds is 5. The maximum absolute atomic E-state index is 5.80. The standard InChI is InChI=1S/C6H13Cl2N.ClH/c1-2-6(8)5-9-4-3-7;/h6,9H,2-5H2,1H3;1H. The highest BCUT2D eigenvalue weighted by molar-refractivity contribution is 6.20.